The van der Waals surface area contributed by atoms with E-state index in [9.17, 15) is 4.79 Å². The zero-order valence-electron chi connectivity index (χ0n) is 11.9. The van der Waals surface area contributed by atoms with E-state index in [1.165, 1.54) is 25.7 Å². The molecule has 1 heterocycles. The van der Waals surface area contributed by atoms with Gasteiger partial charge in [-0.2, -0.15) is 0 Å². The minimum absolute atomic E-state index is 0.249. The highest BCUT2D eigenvalue weighted by atomic mass is 79.9. The quantitative estimate of drug-likeness (QED) is 0.677. The third-order valence-electron chi connectivity index (χ3n) is 2.70. The normalized spacial score (nSPS) is 10.9. The van der Waals surface area contributed by atoms with Gasteiger partial charge in [0, 0.05) is 10.5 Å². The number of carbonyl (C=O) groups excluding carboxylic acids is 1. The van der Waals surface area contributed by atoms with Crippen LogP contribution in [0.5, 0.6) is 0 Å². The van der Waals surface area contributed by atoms with Gasteiger partial charge >= 0.3 is 0 Å². The molecule has 0 aliphatic heterocycles. The van der Waals surface area contributed by atoms with Crippen molar-refractivity contribution in [3.8, 4) is 0 Å². The molecule has 2 nitrogen and oxygen atoms in total. The first-order valence-corrected chi connectivity index (χ1v) is 8.58. The third-order valence-corrected chi connectivity index (χ3v) is 3.95. The molecule has 0 unspecified atom stereocenters. The number of furan rings is 1. The van der Waals surface area contributed by atoms with E-state index < -0.39 is 0 Å². The summed E-state index contributed by atoms with van der Waals surface area (Å²) in [7, 11) is 0. The van der Waals surface area contributed by atoms with Crippen LogP contribution in [0.4, 0.5) is 0 Å². The van der Waals surface area contributed by atoms with Crippen LogP contribution < -0.4 is 10.8 Å². The molecule has 0 N–H and O–H groups in total. The Morgan fingerprint density at radius 1 is 1.21 bits per heavy atom. The van der Waals surface area contributed by atoms with Gasteiger partial charge in [0.15, 0.2) is 5.94 Å². The molecule has 0 fully saturated rings. The van der Waals surface area contributed by atoms with Crippen LogP contribution in [-0.4, -0.2) is 5.94 Å². The second-order valence-electron chi connectivity index (χ2n) is 3.96. The number of halogens is 2. The van der Waals surface area contributed by atoms with E-state index >= 15 is 0 Å². The minimum Gasteiger partial charge on any atom is -0.444 e. The molecule has 0 radical (unpaired) electrons. The van der Waals surface area contributed by atoms with Gasteiger partial charge in [-0.25, -0.2) is 4.79 Å². The molecule has 1 aromatic heterocycles. The summed E-state index contributed by atoms with van der Waals surface area (Å²) < 4.78 is 6.09. The number of unbranched alkanes of at least 4 members (excludes halogenated alkanes) is 4. The first kappa shape index (κ1) is 18.7. The van der Waals surface area contributed by atoms with Gasteiger partial charge in [0.25, 0.3) is 0 Å². The smallest absolute Gasteiger partial charge is 0.225 e. The summed E-state index contributed by atoms with van der Waals surface area (Å²) in [4.78, 5) is 12.4. The summed E-state index contributed by atoms with van der Waals surface area (Å²) in [6.07, 6.45) is 7.06. The Morgan fingerprint density at radius 2 is 1.84 bits per heavy atom. The van der Waals surface area contributed by atoms with Gasteiger partial charge < -0.3 is 4.42 Å². The topological polar surface area (TPSA) is 30.2 Å². The molecule has 0 aromatic carbocycles. The molecule has 19 heavy (non-hydrogen) atoms. The molecule has 1 aromatic rings. The first-order valence-electron chi connectivity index (χ1n) is 6.87. The molecule has 1 rings (SSSR count). The molecule has 0 aliphatic rings. The lowest BCUT2D eigenvalue weighted by molar-refractivity contribution is 0.487. The Bertz CT molecular complexity index is 485. The van der Waals surface area contributed by atoms with Crippen LogP contribution in [0.3, 0.4) is 0 Å². The number of rotatable bonds is 6. The zero-order valence-corrected chi connectivity index (χ0v) is 15.1. The summed E-state index contributed by atoms with van der Waals surface area (Å²) in [6.45, 7) is 6.21. The Labute approximate surface area is 132 Å². The maximum absolute atomic E-state index is 10.6. The van der Waals surface area contributed by atoms with Gasteiger partial charge in [0.2, 0.25) is 5.42 Å². The van der Waals surface area contributed by atoms with Crippen LogP contribution in [0.2, 0.25) is 0 Å². The zero-order chi connectivity index (χ0) is 14.7. The average molecular weight is 394 g/mol. The predicted octanol–water partition coefficient (Wildman–Crippen LogP) is 4.22. The maximum atomic E-state index is 10.6. The van der Waals surface area contributed by atoms with E-state index in [-0.39, 0.29) is 5.42 Å². The van der Waals surface area contributed by atoms with Crippen molar-refractivity contribution in [3.63, 3.8) is 0 Å². The second-order valence-corrected chi connectivity index (χ2v) is 5.21. The number of hydrogen-bond donors (Lipinski definition) is 0. The van der Waals surface area contributed by atoms with Crippen LogP contribution in [0.15, 0.2) is 8.89 Å². The van der Waals surface area contributed by atoms with Crippen LogP contribution in [0.1, 0.15) is 58.4 Å². The lowest BCUT2D eigenvalue weighted by Gasteiger charge is -1.99. The van der Waals surface area contributed by atoms with E-state index in [1.54, 1.807) is 10.9 Å². The maximum Gasteiger partial charge on any atom is 0.225 e. The van der Waals surface area contributed by atoms with Gasteiger partial charge in [-0.05, 0) is 28.8 Å². The molecule has 0 spiro atoms. The fourth-order valence-electron chi connectivity index (χ4n) is 1.75. The van der Waals surface area contributed by atoms with E-state index in [0.29, 0.717) is 5.42 Å². The van der Waals surface area contributed by atoms with Crippen molar-refractivity contribution in [2.24, 2.45) is 0 Å². The largest absolute Gasteiger partial charge is 0.444 e. The molecule has 0 aliphatic carbocycles. The van der Waals surface area contributed by atoms with Crippen LogP contribution in [-0.2, 0) is 11.2 Å². The van der Waals surface area contributed by atoms with Gasteiger partial charge in [-0.15, -0.1) is 0 Å². The first-order chi connectivity index (χ1) is 9.24. The monoisotopic (exact) mass is 392 g/mol. The summed E-state index contributed by atoms with van der Waals surface area (Å²) in [6, 6.07) is 0. The lowest BCUT2D eigenvalue weighted by Crippen LogP contribution is -2.03. The van der Waals surface area contributed by atoms with Crippen molar-refractivity contribution in [1.82, 2.24) is 0 Å². The standard InChI is InChI=1S/C13H16Br2O2.C2H6/c1-2-3-4-5-6-7-10-11(8-14)17-12(9-16)13(10)15;1-2/h8H,2-7H2,1H3;1-2H3/b11-8-;. The van der Waals surface area contributed by atoms with E-state index in [4.69, 9.17) is 4.42 Å². The SMILES string of the molecule is CC.CCCCCCCc1c(Br)c(=C=O)o/c1=C\Br. The van der Waals surface area contributed by atoms with Crippen molar-refractivity contribution in [2.75, 3.05) is 0 Å². The van der Waals surface area contributed by atoms with Crippen molar-refractivity contribution < 1.29 is 9.21 Å². The van der Waals surface area contributed by atoms with Gasteiger partial charge in [0.1, 0.15) is 5.42 Å². The molecule has 0 saturated heterocycles. The summed E-state index contributed by atoms with van der Waals surface area (Å²) >= 11 is 6.64. The van der Waals surface area contributed by atoms with Gasteiger partial charge in [-0.3, -0.25) is 0 Å². The summed E-state index contributed by atoms with van der Waals surface area (Å²) in [5.74, 6) is 1.80. The fraction of sp³-hybridized carbons (Fsp3) is 0.600. The fourth-order valence-corrected chi connectivity index (χ4v) is 2.68. The highest BCUT2D eigenvalue weighted by Crippen LogP contribution is 2.13. The molecule has 0 atom stereocenters. The molecule has 4 heteroatoms. The van der Waals surface area contributed by atoms with E-state index in [2.05, 4.69) is 38.8 Å². The Hall–Kier alpha value is -0.310. The van der Waals surface area contributed by atoms with Crippen molar-refractivity contribution in [2.45, 2.75) is 59.3 Å². The Kier molecular flexibility index (Phi) is 11.3. The van der Waals surface area contributed by atoms with Crippen molar-refractivity contribution in [1.29, 1.82) is 0 Å². The third kappa shape index (κ3) is 6.11. The van der Waals surface area contributed by atoms with Crippen LogP contribution in [0, 0.1) is 0 Å². The van der Waals surface area contributed by atoms with Crippen LogP contribution in [0.25, 0.3) is 4.99 Å². The number of hydrogen-bond acceptors (Lipinski definition) is 2. The van der Waals surface area contributed by atoms with E-state index in [0.717, 1.165) is 22.9 Å². The molecule has 0 bridgehead atoms. The average Bonchev–Trinajstić information content (AvgIpc) is 2.77. The molecular weight excluding hydrogens is 372 g/mol. The molecule has 0 saturated carbocycles. The van der Waals surface area contributed by atoms with Gasteiger partial charge in [-0.1, -0.05) is 62.4 Å². The second kappa shape index (κ2) is 11.5. The van der Waals surface area contributed by atoms with Crippen LogP contribution >= 0.6 is 31.9 Å². The summed E-state index contributed by atoms with van der Waals surface area (Å²) in [5, 5.41) is 0. The van der Waals surface area contributed by atoms with E-state index in [1.807, 2.05) is 13.8 Å². The lowest BCUT2D eigenvalue weighted by atomic mass is 10.1. The molecule has 108 valence electrons. The minimum atomic E-state index is 0.249. The predicted molar refractivity (Wildman–Crippen MR) is 87.7 cm³/mol. The Morgan fingerprint density at radius 3 is 2.37 bits per heavy atom. The molecule has 0 amide bonds. The van der Waals surface area contributed by atoms with Crippen molar-refractivity contribution in [3.05, 3.63) is 20.9 Å². The van der Waals surface area contributed by atoms with Gasteiger partial charge in [0.05, 0.1) is 4.47 Å². The highest BCUT2D eigenvalue weighted by molar-refractivity contribution is 9.14. The van der Waals surface area contributed by atoms with Crippen molar-refractivity contribution >= 4 is 42.8 Å². The summed E-state index contributed by atoms with van der Waals surface area (Å²) in [5.41, 5.74) is 2.02. The molecular formula is C15H22Br2O2. The highest BCUT2D eigenvalue weighted by Gasteiger charge is 2.09. The Balaban J connectivity index is 0.00000154.